The molecule has 0 aromatic heterocycles. The van der Waals surface area contributed by atoms with Crippen molar-refractivity contribution in [1.29, 1.82) is 0 Å². The average molecular weight is 254 g/mol. The van der Waals surface area contributed by atoms with Gasteiger partial charge in [-0.25, -0.2) is 4.39 Å². The Kier molecular flexibility index (Phi) is 5.09. The first-order valence-electron chi connectivity index (χ1n) is 5.95. The predicted octanol–water partition coefficient (Wildman–Crippen LogP) is 1.75. The number of nitrogens with two attached hydrogens (primary N) is 1. The second-order valence-corrected chi connectivity index (χ2v) is 4.13. The Labute approximate surface area is 106 Å². The molecule has 1 aromatic rings. The third-order valence-corrected chi connectivity index (χ3v) is 2.51. The molecule has 0 saturated carbocycles. The van der Waals surface area contributed by atoms with Crippen LogP contribution in [0.25, 0.3) is 0 Å². The largest absolute Gasteiger partial charge is 0.478 e. The van der Waals surface area contributed by atoms with Gasteiger partial charge in [-0.2, -0.15) is 0 Å². The van der Waals surface area contributed by atoms with Crippen molar-refractivity contribution in [3.63, 3.8) is 0 Å². The topological polar surface area (TPSA) is 64.3 Å². The van der Waals surface area contributed by atoms with Crippen molar-refractivity contribution in [1.82, 2.24) is 5.32 Å². The summed E-state index contributed by atoms with van der Waals surface area (Å²) in [6.07, 6.45) is -0.736. The maximum atomic E-state index is 13.7. The number of amides is 1. The molecule has 3 N–H and O–H groups in total. The van der Waals surface area contributed by atoms with Crippen molar-refractivity contribution >= 4 is 5.91 Å². The predicted molar refractivity (Wildman–Crippen MR) is 67.8 cm³/mol. The molecule has 0 spiro atoms. The lowest BCUT2D eigenvalue weighted by Crippen LogP contribution is -2.36. The molecule has 0 aliphatic rings. The van der Waals surface area contributed by atoms with Crippen LogP contribution in [0.15, 0.2) is 18.2 Å². The number of hydrogen-bond donors (Lipinski definition) is 2. The van der Waals surface area contributed by atoms with E-state index in [1.165, 1.54) is 12.1 Å². The van der Waals surface area contributed by atoms with Gasteiger partial charge in [-0.15, -0.1) is 0 Å². The number of carbonyl (C=O) groups excluding carboxylic acids is 1. The van der Waals surface area contributed by atoms with E-state index in [2.05, 4.69) is 5.32 Å². The highest BCUT2D eigenvalue weighted by Gasteiger charge is 2.16. The van der Waals surface area contributed by atoms with Gasteiger partial charge in [0.2, 0.25) is 0 Å². The SMILES string of the molecule is CCNC(=O)C(C)Oc1ccc([C@H](C)N)cc1F. The number of hydrogen-bond acceptors (Lipinski definition) is 3. The van der Waals surface area contributed by atoms with Crippen LogP contribution in [0.2, 0.25) is 0 Å². The first-order valence-corrected chi connectivity index (χ1v) is 5.95. The molecular weight excluding hydrogens is 235 g/mol. The van der Waals surface area contributed by atoms with Crippen molar-refractivity contribution < 1.29 is 13.9 Å². The van der Waals surface area contributed by atoms with Gasteiger partial charge in [0.1, 0.15) is 0 Å². The third kappa shape index (κ3) is 3.70. The molecule has 0 heterocycles. The molecule has 4 nitrogen and oxygen atoms in total. The van der Waals surface area contributed by atoms with E-state index in [4.69, 9.17) is 10.5 Å². The van der Waals surface area contributed by atoms with Crippen molar-refractivity contribution in [2.24, 2.45) is 5.73 Å². The fourth-order valence-corrected chi connectivity index (χ4v) is 1.46. The Hall–Kier alpha value is -1.62. The maximum absolute atomic E-state index is 13.7. The monoisotopic (exact) mass is 254 g/mol. The number of rotatable bonds is 5. The van der Waals surface area contributed by atoms with Gasteiger partial charge in [-0.05, 0) is 38.5 Å². The van der Waals surface area contributed by atoms with E-state index < -0.39 is 11.9 Å². The van der Waals surface area contributed by atoms with Crippen LogP contribution >= 0.6 is 0 Å². The van der Waals surface area contributed by atoms with E-state index in [1.807, 2.05) is 6.92 Å². The first-order chi connectivity index (χ1) is 8.45. The van der Waals surface area contributed by atoms with Crippen LogP contribution in [-0.4, -0.2) is 18.6 Å². The number of carbonyl (C=O) groups is 1. The van der Waals surface area contributed by atoms with Crippen LogP contribution < -0.4 is 15.8 Å². The van der Waals surface area contributed by atoms with Crippen LogP contribution in [0, 0.1) is 5.82 Å². The van der Waals surface area contributed by atoms with Gasteiger partial charge in [0.15, 0.2) is 17.7 Å². The Morgan fingerprint density at radius 2 is 2.17 bits per heavy atom. The van der Waals surface area contributed by atoms with E-state index >= 15 is 0 Å². The standard InChI is InChI=1S/C13H19FN2O2/c1-4-16-13(17)9(3)18-12-6-5-10(8(2)15)7-11(12)14/h5-9H,4,15H2,1-3H3,(H,16,17)/t8-,9?/m0/s1. The molecule has 1 amide bonds. The summed E-state index contributed by atoms with van der Waals surface area (Å²) in [5, 5.41) is 2.61. The Morgan fingerprint density at radius 1 is 1.50 bits per heavy atom. The second kappa shape index (κ2) is 6.35. The molecule has 18 heavy (non-hydrogen) atoms. The van der Waals surface area contributed by atoms with Crippen molar-refractivity contribution in [3.8, 4) is 5.75 Å². The smallest absolute Gasteiger partial charge is 0.260 e. The van der Waals surface area contributed by atoms with Crippen molar-refractivity contribution in [3.05, 3.63) is 29.6 Å². The highest BCUT2D eigenvalue weighted by molar-refractivity contribution is 5.80. The number of nitrogens with one attached hydrogen (secondary N) is 1. The molecule has 5 heteroatoms. The van der Waals surface area contributed by atoms with Gasteiger partial charge >= 0.3 is 0 Å². The highest BCUT2D eigenvalue weighted by atomic mass is 19.1. The molecule has 0 saturated heterocycles. The first kappa shape index (κ1) is 14.4. The minimum absolute atomic E-state index is 0.0538. The molecule has 0 aliphatic carbocycles. The minimum Gasteiger partial charge on any atom is -0.478 e. The molecule has 0 fully saturated rings. The van der Waals surface area contributed by atoms with Crippen LogP contribution in [0.5, 0.6) is 5.75 Å². The summed E-state index contributed by atoms with van der Waals surface area (Å²) in [6, 6.07) is 4.26. The average Bonchev–Trinajstić information content (AvgIpc) is 2.31. The molecule has 100 valence electrons. The zero-order valence-corrected chi connectivity index (χ0v) is 10.9. The highest BCUT2D eigenvalue weighted by Crippen LogP contribution is 2.22. The van der Waals surface area contributed by atoms with Crippen LogP contribution in [0.3, 0.4) is 0 Å². The number of benzene rings is 1. The van der Waals surface area contributed by atoms with E-state index in [0.717, 1.165) is 0 Å². The molecule has 1 rings (SSSR count). The second-order valence-electron chi connectivity index (χ2n) is 4.13. The van der Waals surface area contributed by atoms with E-state index in [0.29, 0.717) is 12.1 Å². The lowest BCUT2D eigenvalue weighted by atomic mass is 10.1. The number of halogens is 1. The molecule has 1 unspecified atom stereocenters. The minimum atomic E-state index is -0.736. The maximum Gasteiger partial charge on any atom is 0.260 e. The van der Waals surface area contributed by atoms with Crippen molar-refractivity contribution in [2.75, 3.05) is 6.54 Å². The summed E-state index contributed by atoms with van der Waals surface area (Å²) >= 11 is 0. The fourth-order valence-electron chi connectivity index (χ4n) is 1.46. The molecule has 0 bridgehead atoms. The molecule has 0 aliphatic heterocycles. The van der Waals surface area contributed by atoms with Gasteiger partial charge in [0, 0.05) is 12.6 Å². The lowest BCUT2D eigenvalue weighted by Gasteiger charge is -2.15. The normalized spacial score (nSPS) is 13.8. The van der Waals surface area contributed by atoms with E-state index in [-0.39, 0.29) is 17.7 Å². The molecule has 1 aromatic carbocycles. The van der Waals surface area contributed by atoms with Crippen LogP contribution in [-0.2, 0) is 4.79 Å². The number of likely N-dealkylation sites (N-methyl/N-ethyl adjacent to an activating group) is 1. The molecule has 2 atom stereocenters. The van der Waals surface area contributed by atoms with E-state index in [1.54, 1.807) is 19.9 Å². The summed E-state index contributed by atoms with van der Waals surface area (Å²) in [5.41, 5.74) is 6.34. The Bertz CT molecular complexity index is 421. The summed E-state index contributed by atoms with van der Waals surface area (Å²) in [5.74, 6) is -0.729. The Balaban J connectivity index is 2.76. The lowest BCUT2D eigenvalue weighted by molar-refractivity contribution is -0.127. The summed E-state index contributed by atoms with van der Waals surface area (Å²) in [6.45, 7) is 5.66. The van der Waals surface area contributed by atoms with Crippen LogP contribution in [0.1, 0.15) is 32.4 Å². The quantitative estimate of drug-likeness (QED) is 0.841. The van der Waals surface area contributed by atoms with E-state index in [9.17, 15) is 9.18 Å². The fraction of sp³-hybridized carbons (Fsp3) is 0.462. The molecular formula is C13H19FN2O2. The van der Waals surface area contributed by atoms with Gasteiger partial charge < -0.3 is 15.8 Å². The summed E-state index contributed by atoms with van der Waals surface area (Å²) < 4.78 is 19.0. The summed E-state index contributed by atoms with van der Waals surface area (Å²) in [4.78, 5) is 11.5. The zero-order valence-electron chi connectivity index (χ0n) is 10.9. The van der Waals surface area contributed by atoms with Crippen LogP contribution in [0.4, 0.5) is 4.39 Å². The number of ether oxygens (including phenoxy) is 1. The summed E-state index contributed by atoms with van der Waals surface area (Å²) in [7, 11) is 0. The third-order valence-electron chi connectivity index (χ3n) is 2.51. The zero-order chi connectivity index (χ0) is 13.7. The Morgan fingerprint density at radius 3 is 2.67 bits per heavy atom. The molecule has 0 radical (unpaired) electrons. The van der Waals surface area contributed by atoms with Gasteiger partial charge in [0.05, 0.1) is 0 Å². The van der Waals surface area contributed by atoms with Gasteiger partial charge in [0.25, 0.3) is 5.91 Å². The van der Waals surface area contributed by atoms with Crippen molar-refractivity contribution in [2.45, 2.75) is 32.9 Å². The van der Waals surface area contributed by atoms with Gasteiger partial charge in [-0.1, -0.05) is 6.07 Å². The van der Waals surface area contributed by atoms with Gasteiger partial charge in [-0.3, -0.25) is 4.79 Å².